The molecule has 0 spiro atoms. The zero-order valence-electron chi connectivity index (χ0n) is 14.9. The van der Waals surface area contributed by atoms with Gasteiger partial charge in [0.1, 0.15) is 5.60 Å². The van der Waals surface area contributed by atoms with Gasteiger partial charge in [0.05, 0.1) is 12.0 Å². The van der Waals surface area contributed by atoms with Crippen LogP contribution in [0.4, 0.5) is 10.5 Å². The van der Waals surface area contributed by atoms with Crippen molar-refractivity contribution in [2.45, 2.75) is 51.7 Å². The molecule has 1 rings (SSSR count). The number of nitrogens with one attached hydrogen (secondary N) is 1. The number of esters is 1. The van der Waals surface area contributed by atoms with E-state index in [4.69, 9.17) is 4.74 Å². The summed E-state index contributed by atoms with van der Waals surface area (Å²) in [5.41, 5.74) is 0.163. The van der Waals surface area contributed by atoms with Crippen molar-refractivity contribution >= 4 is 17.7 Å². The Morgan fingerprint density at radius 1 is 1.24 bits per heavy atom. The molecule has 0 fully saturated rings. The number of amides is 1. The number of rotatable bonds is 7. The van der Waals surface area contributed by atoms with Crippen LogP contribution in [-0.4, -0.2) is 35.7 Å². The molecule has 0 aliphatic rings. The molecule has 0 aliphatic heterocycles. The maximum Gasteiger partial charge on any atom is 0.407 e. The normalized spacial score (nSPS) is 12.2. The molecule has 1 atom stereocenters. The third-order valence-corrected chi connectivity index (χ3v) is 3.27. The Kier molecular flexibility index (Phi) is 7.35. The van der Waals surface area contributed by atoms with Gasteiger partial charge in [-0.25, -0.2) is 4.79 Å². The topological polar surface area (TPSA) is 108 Å². The summed E-state index contributed by atoms with van der Waals surface area (Å²) in [6.45, 7) is 5.27. The summed E-state index contributed by atoms with van der Waals surface area (Å²) < 4.78 is 9.85. The number of non-ortho nitro benzene ring substituents is 1. The molecule has 25 heavy (non-hydrogen) atoms. The Hall–Kier alpha value is -2.64. The highest BCUT2D eigenvalue weighted by atomic mass is 16.6. The SMILES string of the molecule is COC(=O)CC[C@@H](Cc1ccc([N+](=O)[O-])cc1)NC(=O)OC(C)(C)C. The first-order valence-electron chi connectivity index (χ1n) is 7.90. The van der Waals surface area contributed by atoms with Gasteiger partial charge in [-0.1, -0.05) is 12.1 Å². The fraction of sp³-hybridized carbons (Fsp3) is 0.529. The van der Waals surface area contributed by atoms with Crippen molar-refractivity contribution in [3.63, 3.8) is 0 Å². The number of hydrogen-bond donors (Lipinski definition) is 1. The van der Waals surface area contributed by atoms with E-state index in [1.165, 1.54) is 19.2 Å². The van der Waals surface area contributed by atoms with E-state index in [9.17, 15) is 19.7 Å². The number of ether oxygens (including phenoxy) is 2. The quantitative estimate of drug-likeness (QED) is 0.459. The van der Waals surface area contributed by atoms with Gasteiger partial charge >= 0.3 is 12.1 Å². The van der Waals surface area contributed by atoms with E-state index in [1.54, 1.807) is 32.9 Å². The average Bonchev–Trinajstić information content (AvgIpc) is 2.50. The van der Waals surface area contributed by atoms with E-state index < -0.39 is 16.6 Å². The molecule has 0 aromatic heterocycles. The summed E-state index contributed by atoms with van der Waals surface area (Å²) in [4.78, 5) is 33.6. The van der Waals surface area contributed by atoms with Crippen molar-refractivity contribution in [2.75, 3.05) is 7.11 Å². The van der Waals surface area contributed by atoms with Crippen LogP contribution in [0.15, 0.2) is 24.3 Å². The number of methoxy groups -OCH3 is 1. The van der Waals surface area contributed by atoms with Gasteiger partial charge in [0.2, 0.25) is 0 Å². The summed E-state index contributed by atoms with van der Waals surface area (Å²) in [7, 11) is 1.30. The minimum atomic E-state index is -0.635. The average molecular weight is 352 g/mol. The monoisotopic (exact) mass is 352 g/mol. The second-order valence-electron chi connectivity index (χ2n) is 6.59. The Bertz CT molecular complexity index is 607. The standard InChI is InChI=1S/C17H24N2O6/c1-17(2,3)25-16(21)18-13(7-10-15(20)24-4)11-12-5-8-14(9-6-12)19(22)23/h5-6,8-9,13H,7,10-11H2,1-4H3,(H,18,21)/t13-/m0/s1. The molecule has 0 saturated carbocycles. The minimum absolute atomic E-state index is 0.00466. The van der Waals surface area contributed by atoms with Crippen LogP contribution in [0.3, 0.4) is 0 Å². The summed E-state index contributed by atoms with van der Waals surface area (Å²) in [5.74, 6) is -0.375. The Balaban J connectivity index is 2.77. The van der Waals surface area contributed by atoms with Crippen molar-refractivity contribution in [3.05, 3.63) is 39.9 Å². The van der Waals surface area contributed by atoms with E-state index in [0.717, 1.165) is 5.56 Å². The van der Waals surface area contributed by atoms with E-state index in [2.05, 4.69) is 10.1 Å². The number of benzene rings is 1. The molecule has 0 bridgehead atoms. The van der Waals surface area contributed by atoms with Crippen LogP contribution in [-0.2, 0) is 20.7 Å². The van der Waals surface area contributed by atoms with Crippen molar-refractivity contribution in [2.24, 2.45) is 0 Å². The van der Waals surface area contributed by atoms with Gasteiger partial charge in [-0.3, -0.25) is 14.9 Å². The number of carbonyl (C=O) groups is 2. The van der Waals surface area contributed by atoms with Crippen LogP contribution >= 0.6 is 0 Å². The molecule has 0 radical (unpaired) electrons. The molecule has 1 N–H and O–H groups in total. The molecule has 0 heterocycles. The molecule has 1 amide bonds. The van der Waals surface area contributed by atoms with Crippen LogP contribution in [0.2, 0.25) is 0 Å². The Labute approximate surface area is 146 Å². The van der Waals surface area contributed by atoms with Crippen LogP contribution < -0.4 is 5.32 Å². The van der Waals surface area contributed by atoms with Gasteiger partial charge in [0.15, 0.2) is 0 Å². The van der Waals surface area contributed by atoms with Crippen LogP contribution in [0.25, 0.3) is 0 Å². The number of alkyl carbamates (subject to hydrolysis) is 1. The first kappa shape index (κ1) is 20.4. The second-order valence-corrected chi connectivity index (χ2v) is 6.59. The summed E-state index contributed by atoms with van der Waals surface area (Å²) >= 11 is 0. The van der Waals surface area contributed by atoms with Gasteiger partial charge in [0, 0.05) is 24.6 Å². The number of nitrogens with zero attached hydrogens (tertiary/aromatic N) is 1. The molecule has 0 saturated heterocycles. The summed E-state index contributed by atoms with van der Waals surface area (Å²) in [6.07, 6.45) is 0.338. The fourth-order valence-corrected chi connectivity index (χ4v) is 2.13. The molecular formula is C17H24N2O6. The van der Waals surface area contributed by atoms with E-state index >= 15 is 0 Å². The highest BCUT2D eigenvalue weighted by Gasteiger charge is 2.21. The van der Waals surface area contributed by atoms with Crippen LogP contribution in [0.1, 0.15) is 39.2 Å². The highest BCUT2D eigenvalue weighted by molar-refractivity contribution is 5.70. The Morgan fingerprint density at radius 2 is 1.84 bits per heavy atom. The molecular weight excluding hydrogens is 328 g/mol. The predicted molar refractivity (Wildman–Crippen MR) is 91.2 cm³/mol. The van der Waals surface area contributed by atoms with E-state index in [1.807, 2.05) is 0 Å². The predicted octanol–water partition coefficient (Wildman–Crippen LogP) is 2.98. The number of nitro benzene ring substituents is 1. The minimum Gasteiger partial charge on any atom is -0.469 e. The maximum atomic E-state index is 12.0. The zero-order chi connectivity index (χ0) is 19.0. The molecule has 1 aromatic rings. The highest BCUT2D eigenvalue weighted by Crippen LogP contribution is 2.15. The smallest absolute Gasteiger partial charge is 0.407 e. The molecule has 8 nitrogen and oxygen atoms in total. The van der Waals surface area contributed by atoms with E-state index in [0.29, 0.717) is 12.8 Å². The zero-order valence-corrected chi connectivity index (χ0v) is 14.9. The van der Waals surface area contributed by atoms with Gasteiger partial charge < -0.3 is 14.8 Å². The largest absolute Gasteiger partial charge is 0.469 e. The third-order valence-electron chi connectivity index (χ3n) is 3.27. The van der Waals surface area contributed by atoms with Crippen LogP contribution in [0.5, 0.6) is 0 Å². The van der Waals surface area contributed by atoms with Crippen molar-refractivity contribution in [1.82, 2.24) is 5.32 Å². The van der Waals surface area contributed by atoms with Crippen molar-refractivity contribution in [1.29, 1.82) is 0 Å². The van der Waals surface area contributed by atoms with Crippen molar-refractivity contribution in [3.8, 4) is 0 Å². The lowest BCUT2D eigenvalue weighted by atomic mass is 10.0. The van der Waals surface area contributed by atoms with E-state index in [-0.39, 0.29) is 24.1 Å². The van der Waals surface area contributed by atoms with Crippen LogP contribution in [0, 0.1) is 10.1 Å². The van der Waals surface area contributed by atoms with Gasteiger partial charge in [-0.2, -0.15) is 0 Å². The second kappa shape index (κ2) is 9.00. The van der Waals surface area contributed by atoms with Gasteiger partial charge in [-0.05, 0) is 39.2 Å². The third kappa shape index (κ3) is 8.14. The lowest BCUT2D eigenvalue weighted by molar-refractivity contribution is -0.384. The van der Waals surface area contributed by atoms with Crippen molar-refractivity contribution < 1.29 is 24.0 Å². The van der Waals surface area contributed by atoms with Gasteiger partial charge in [-0.15, -0.1) is 0 Å². The molecule has 0 unspecified atom stereocenters. The lowest BCUT2D eigenvalue weighted by Gasteiger charge is -2.23. The molecule has 1 aromatic carbocycles. The first-order valence-corrected chi connectivity index (χ1v) is 7.90. The maximum absolute atomic E-state index is 12.0. The lowest BCUT2D eigenvalue weighted by Crippen LogP contribution is -2.40. The number of hydrogen-bond acceptors (Lipinski definition) is 6. The number of nitro groups is 1. The molecule has 138 valence electrons. The molecule has 8 heteroatoms. The van der Waals surface area contributed by atoms with Gasteiger partial charge in [0.25, 0.3) is 5.69 Å². The fourth-order valence-electron chi connectivity index (χ4n) is 2.13. The summed E-state index contributed by atoms with van der Waals surface area (Å²) in [5, 5.41) is 13.4. The first-order chi connectivity index (χ1) is 11.6. The summed E-state index contributed by atoms with van der Waals surface area (Å²) in [6, 6.07) is 5.69. The molecule has 0 aliphatic carbocycles. The Morgan fingerprint density at radius 3 is 2.32 bits per heavy atom. The number of carbonyl (C=O) groups excluding carboxylic acids is 2.